The number of fused-ring (bicyclic) bond motifs is 1. The van der Waals surface area contributed by atoms with Crippen LogP contribution < -0.4 is 10.6 Å². The van der Waals surface area contributed by atoms with Gasteiger partial charge in [-0.2, -0.15) is 0 Å². The van der Waals surface area contributed by atoms with Crippen LogP contribution in [-0.4, -0.2) is 78.3 Å². The number of carbonyl (C=O) groups excluding carboxylic acids is 1. The van der Waals surface area contributed by atoms with Gasteiger partial charge in [-0.3, -0.25) is 9.69 Å². The number of nitrogens with one attached hydrogen (secondary N) is 1. The predicted octanol–water partition coefficient (Wildman–Crippen LogP) is 4.49. The number of anilines is 2. The van der Waals surface area contributed by atoms with Gasteiger partial charge in [-0.1, -0.05) is 41.9 Å². The molecule has 2 heterocycles. The topological polar surface area (TPSA) is 101 Å². The van der Waals surface area contributed by atoms with Crippen molar-refractivity contribution in [2.24, 2.45) is 4.99 Å². The number of H-pyrrole nitrogens is 1. The van der Waals surface area contributed by atoms with Crippen molar-refractivity contribution >= 4 is 51.2 Å². The number of carbonyl (C=O) groups is 1. The second kappa shape index (κ2) is 10.9. The third-order valence-corrected chi connectivity index (χ3v) is 7.31. The summed E-state index contributed by atoms with van der Waals surface area (Å²) in [6.07, 6.45) is 0. The number of piperazine rings is 1. The van der Waals surface area contributed by atoms with Gasteiger partial charge in [0.1, 0.15) is 0 Å². The summed E-state index contributed by atoms with van der Waals surface area (Å²) in [6, 6.07) is 20.6. The van der Waals surface area contributed by atoms with Gasteiger partial charge >= 0.3 is 0 Å². The van der Waals surface area contributed by atoms with Gasteiger partial charge in [-0.05, 0) is 43.4 Å². The van der Waals surface area contributed by atoms with E-state index in [1.165, 1.54) is 0 Å². The van der Waals surface area contributed by atoms with E-state index in [2.05, 4.69) is 21.8 Å². The van der Waals surface area contributed by atoms with Crippen LogP contribution in [0.25, 0.3) is 10.9 Å². The van der Waals surface area contributed by atoms with Gasteiger partial charge in [-0.15, -0.1) is 0 Å². The Morgan fingerprint density at radius 1 is 1.08 bits per heavy atom. The van der Waals surface area contributed by atoms with Crippen LogP contribution in [0.3, 0.4) is 0 Å². The number of nitrogens with zero attached hydrogens (tertiary/aromatic N) is 4. The molecule has 1 aliphatic rings. The number of aliphatic imine (C=N–C) groups is 1. The molecule has 1 aromatic heterocycles. The third-order valence-electron chi connectivity index (χ3n) is 6.99. The van der Waals surface area contributed by atoms with Gasteiger partial charge in [0, 0.05) is 49.9 Å². The number of aromatic amines is 1. The van der Waals surface area contributed by atoms with Crippen molar-refractivity contribution in [1.29, 1.82) is 0 Å². The first-order chi connectivity index (χ1) is 18.3. The van der Waals surface area contributed by atoms with E-state index in [9.17, 15) is 9.90 Å². The Kier molecular flexibility index (Phi) is 7.37. The minimum absolute atomic E-state index is 0.0184. The number of nitrogens with two attached hydrogens (primary N) is 1. The van der Waals surface area contributed by atoms with Crippen LogP contribution in [-0.2, 0) is 4.79 Å². The number of likely N-dealkylation sites (N-methyl/N-ethyl adjacent to an activating group) is 2. The number of aromatic nitrogens is 1. The molecule has 0 atom stereocenters. The fourth-order valence-electron chi connectivity index (χ4n) is 4.65. The molecule has 196 valence electrons. The fourth-order valence-corrected chi connectivity index (χ4v) is 4.81. The highest BCUT2D eigenvalue weighted by Crippen LogP contribution is 2.35. The third kappa shape index (κ3) is 5.38. The Morgan fingerprint density at radius 3 is 2.45 bits per heavy atom. The molecule has 3 aromatic carbocycles. The van der Waals surface area contributed by atoms with Crippen LogP contribution >= 0.6 is 11.6 Å². The minimum Gasteiger partial charge on any atom is -0.494 e. The molecular weight excluding hydrogens is 500 g/mol. The molecule has 0 spiro atoms. The zero-order chi connectivity index (χ0) is 26.8. The molecule has 1 aliphatic heterocycles. The zero-order valence-electron chi connectivity index (χ0n) is 21.5. The number of amides is 1. The summed E-state index contributed by atoms with van der Waals surface area (Å²) in [4.78, 5) is 27.0. The molecule has 9 heteroatoms. The highest BCUT2D eigenvalue weighted by atomic mass is 35.5. The van der Waals surface area contributed by atoms with Crippen molar-refractivity contribution in [3.05, 3.63) is 82.9 Å². The Labute approximate surface area is 226 Å². The van der Waals surface area contributed by atoms with Crippen molar-refractivity contribution in [2.75, 3.05) is 57.5 Å². The zero-order valence-corrected chi connectivity index (χ0v) is 22.2. The number of hydrogen-bond donors (Lipinski definition) is 3. The highest BCUT2D eigenvalue weighted by Gasteiger charge is 2.21. The van der Waals surface area contributed by atoms with Crippen molar-refractivity contribution in [3.63, 3.8) is 0 Å². The van der Waals surface area contributed by atoms with E-state index in [1.807, 2.05) is 54.6 Å². The second-order valence-electron chi connectivity index (χ2n) is 9.64. The predicted molar refractivity (Wildman–Crippen MR) is 155 cm³/mol. The lowest BCUT2D eigenvalue weighted by Gasteiger charge is -2.32. The molecule has 1 amide bonds. The maximum absolute atomic E-state index is 12.9. The van der Waals surface area contributed by atoms with E-state index >= 15 is 0 Å². The molecule has 4 N–H and O–H groups in total. The monoisotopic (exact) mass is 530 g/mol. The quantitative estimate of drug-likeness (QED) is 0.252. The molecule has 8 nitrogen and oxygen atoms in total. The summed E-state index contributed by atoms with van der Waals surface area (Å²) < 4.78 is 0. The summed E-state index contributed by atoms with van der Waals surface area (Å²) in [5.41, 5.74) is 10.6. The maximum atomic E-state index is 12.9. The van der Waals surface area contributed by atoms with E-state index in [1.54, 1.807) is 24.1 Å². The van der Waals surface area contributed by atoms with Gasteiger partial charge in [0.2, 0.25) is 5.91 Å². The number of halogens is 1. The van der Waals surface area contributed by atoms with Gasteiger partial charge in [-0.25, -0.2) is 4.99 Å². The summed E-state index contributed by atoms with van der Waals surface area (Å²) in [5.74, 6) is 0.0332. The molecule has 4 aromatic rings. The van der Waals surface area contributed by atoms with Crippen LogP contribution in [0.4, 0.5) is 17.1 Å². The molecule has 1 saturated heterocycles. The molecule has 0 radical (unpaired) electrons. The van der Waals surface area contributed by atoms with Crippen molar-refractivity contribution in [2.45, 2.75) is 0 Å². The first-order valence-corrected chi connectivity index (χ1v) is 12.9. The molecule has 5 rings (SSSR count). The summed E-state index contributed by atoms with van der Waals surface area (Å²) in [7, 11) is 3.90. The Bertz CT molecular complexity index is 1470. The summed E-state index contributed by atoms with van der Waals surface area (Å²) >= 11 is 6.21. The molecule has 38 heavy (non-hydrogen) atoms. The number of aromatic hydroxyl groups is 1. The molecule has 0 saturated carbocycles. The van der Waals surface area contributed by atoms with Crippen LogP contribution in [0.1, 0.15) is 11.1 Å². The van der Waals surface area contributed by atoms with Gasteiger partial charge in [0.05, 0.1) is 39.7 Å². The molecule has 0 aliphatic carbocycles. The van der Waals surface area contributed by atoms with Gasteiger partial charge in [0.25, 0.3) is 0 Å². The van der Waals surface area contributed by atoms with Crippen molar-refractivity contribution in [3.8, 4) is 5.88 Å². The van der Waals surface area contributed by atoms with E-state index in [0.29, 0.717) is 39.7 Å². The summed E-state index contributed by atoms with van der Waals surface area (Å²) in [5, 5.41) is 12.0. The summed E-state index contributed by atoms with van der Waals surface area (Å²) in [6.45, 7) is 4.13. The standard InChI is InChI=1S/C29H31ClN6O2/c1-34-12-14-36(15-13-34)18-26(37)35(2)21-10-8-20(9-11-21)32-28(19-6-4-3-5-7-19)27-22-16-24(31)23(30)17-25(22)33-29(27)38/h3-11,16-17,33,38H,12-15,18,31H2,1-2H3. The molecule has 0 unspecified atom stereocenters. The average molecular weight is 531 g/mol. The Balaban J connectivity index is 1.45. The van der Waals surface area contributed by atoms with Crippen LogP contribution in [0.15, 0.2) is 71.7 Å². The SMILES string of the molecule is CN1CCN(CC(=O)N(C)c2ccc(N=C(c3ccccc3)c3c(O)[nH]c4cc(Cl)c(N)cc34)cc2)CC1. The number of rotatable bonds is 6. The number of nitrogen functional groups attached to an aromatic ring is 1. The first-order valence-electron chi connectivity index (χ1n) is 12.5. The van der Waals surface area contributed by atoms with Crippen LogP contribution in [0.2, 0.25) is 5.02 Å². The smallest absolute Gasteiger partial charge is 0.240 e. The molecule has 1 fully saturated rings. The Hall–Kier alpha value is -3.85. The first kappa shape index (κ1) is 25.8. The number of hydrogen-bond acceptors (Lipinski definition) is 6. The lowest BCUT2D eigenvalue weighted by molar-refractivity contribution is -0.119. The van der Waals surface area contributed by atoms with E-state index < -0.39 is 0 Å². The molecular formula is C29H31ClN6O2. The lowest BCUT2D eigenvalue weighted by Crippen LogP contribution is -2.48. The molecule has 0 bridgehead atoms. The number of benzene rings is 3. The van der Waals surface area contributed by atoms with E-state index in [-0.39, 0.29) is 11.8 Å². The lowest BCUT2D eigenvalue weighted by atomic mass is 10.0. The van der Waals surface area contributed by atoms with E-state index in [0.717, 1.165) is 42.8 Å². The van der Waals surface area contributed by atoms with Gasteiger partial charge < -0.3 is 25.6 Å². The van der Waals surface area contributed by atoms with E-state index in [4.69, 9.17) is 22.3 Å². The fraction of sp³-hybridized carbons (Fsp3) is 0.241. The van der Waals surface area contributed by atoms with Gasteiger partial charge in [0.15, 0.2) is 5.88 Å². The second-order valence-corrected chi connectivity index (χ2v) is 10.1. The highest BCUT2D eigenvalue weighted by molar-refractivity contribution is 6.34. The van der Waals surface area contributed by atoms with Crippen LogP contribution in [0, 0.1) is 0 Å². The normalized spacial score (nSPS) is 15.2. The van der Waals surface area contributed by atoms with Crippen molar-refractivity contribution < 1.29 is 9.90 Å². The van der Waals surface area contributed by atoms with Crippen molar-refractivity contribution in [1.82, 2.24) is 14.8 Å². The van der Waals surface area contributed by atoms with Crippen LogP contribution in [0.5, 0.6) is 5.88 Å². The average Bonchev–Trinajstić information content (AvgIpc) is 3.23. The maximum Gasteiger partial charge on any atom is 0.240 e. The minimum atomic E-state index is -0.0184. The largest absolute Gasteiger partial charge is 0.494 e. The Morgan fingerprint density at radius 2 is 1.76 bits per heavy atom.